The van der Waals surface area contributed by atoms with Gasteiger partial charge in [-0.15, -0.1) is 0 Å². The van der Waals surface area contributed by atoms with E-state index in [-0.39, 0.29) is 4.90 Å². The number of aryl methyl sites for hydroxylation is 1. The van der Waals surface area contributed by atoms with Gasteiger partial charge in [-0.05, 0) is 49.7 Å². The Morgan fingerprint density at radius 2 is 1.86 bits per heavy atom. The lowest BCUT2D eigenvalue weighted by Crippen LogP contribution is -2.35. The number of hydrogen-bond acceptors (Lipinski definition) is 6. The van der Waals surface area contributed by atoms with E-state index in [2.05, 4.69) is 14.8 Å². The van der Waals surface area contributed by atoms with Gasteiger partial charge >= 0.3 is 0 Å². The molecule has 2 aromatic carbocycles. The summed E-state index contributed by atoms with van der Waals surface area (Å²) in [6.45, 7) is 7.62. The predicted molar refractivity (Wildman–Crippen MR) is 113 cm³/mol. The third kappa shape index (κ3) is 5.56. The number of benzene rings is 2. The molecule has 0 unspecified atom stereocenters. The average molecular weight is 418 g/mol. The summed E-state index contributed by atoms with van der Waals surface area (Å²) in [7, 11) is -2.06. The van der Waals surface area contributed by atoms with E-state index < -0.39 is 10.0 Å². The molecule has 0 aliphatic carbocycles. The van der Waals surface area contributed by atoms with Gasteiger partial charge in [0.15, 0.2) is 0 Å². The zero-order valence-electron chi connectivity index (χ0n) is 17.0. The lowest BCUT2D eigenvalue weighted by Gasteiger charge is -2.27. The molecule has 0 spiro atoms. The first-order valence-electron chi connectivity index (χ1n) is 9.49. The fourth-order valence-corrected chi connectivity index (χ4v) is 3.95. The minimum atomic E-state index is -3.71. The van der Waals surface area contributed by atoms with Gasteiger partial charge < -0.3 is 9.47 Å². The van der Waals surface area contributed by atoms with E-state index in [4.69, 9.17) is 9.47 Å². The van der Waals surface area contributed by atoms with Gasteiger partial charge in [-0.25, -0.2) is 0 Å². The number of nitrogens with zero attached hydrogens (tertiary/aromatic N) is 2. The lowest BCUT2D eigenvalue weighted by atomic mass is 10.1. The van der Waals surface area contributed by atoms with E-state index in [9.17, 15) is 8.42 Å². The molecule has 0 amide bonds. The van der Waals surface area contributed by atoms with Gasteiger partial charge in [-0.2, -0.15) is 18.4 Å². The summed E-state index contributed by atoms with van der Waals surface area (Å²) in [5, 5.41) is 4.11. The van der Waals surface area contributed by atoms with Gasteiger partial charge in [0.05, 0.1) is 30.9 Å². The second kappa shape index (κ2) is 9.39. The standard InChI is InChI=1S/C21H27N3O4S/c1-16-4-7-20(8-5-16)29(25,26)23-22-17(2)18-6-9-21(27-3)19(14-18)15-24-10-12-28-13-11-24/h4-9,14,23H,10-13,15H2,1-3H3/b22-17-. The number of ether oxygens (including phenoxy) is 2. The van der Waals surface area contributed by atoms with Crippen molar-refractivity contribution >= 4 is 15.7 Å². The Bertz CT molecular complexity index is 966. The van der Waals surface area contributed by atoms with Crippen molar-refractivity contribution in [3.05, 3.63) is 59.2 Å². The van der Waals surface area contributed by atoms with Gasteiger partial charge in [-0.1, -0.05) is 17.7 Å². The third-order valence-electron chi connectivity index (χ3n) is 4.86. The maximum atomic E-state index is 12.5. The highest BCUT2D eigenvalue weighted by Crippen LogP contribution is 2.22. The van der Waals surface area contributed by atoms with Crippen LogP contribution in [0, 0.1) is 6.92 Å². The molecule has 1 N–H and O–H groups in total. The van der Waals surface area contributed by atoms with Crippen LogP contribution in [0.1, 0.15) is 23.6 Å². The highest BCUT2D eigenvalue weighted by Gasteiger charge is 2.15. The van der Waals surface area contributed by atoms with E-state index in [1.165, 1.54) is 0 Å². The number of sulfonamides is 1. The summed E-state index contributed by atoms with van der Waals surface area (Å²) in [5.41, 5.74) is 3.43. The Balaban J connectivity index is 1.77. The van der Waals surface area contributed by atoms with Crippen molar-refractivity contribution < 1.29 is 17.9 Å². The average Bonchev–Trinajstić information content (AvgIpc) is 2.73. The molecule has 1 aliphatic rings. The molecule has 2 aromatic rings. The van der Waals surface area contributed by atoms with Crippen LogP contribution in [0.4, 0.5) is 0 Å². The number of rotatable bonds is 7. The Kier molecular flexibility index (Phi) is 6.89. The summed E-state index contributed by atoms with van der Waals surface area (Å²) < 4.78 is 35.8. The first-order valence-corrected chi connectivity index (χ1v) is 11.0. The van der Waals surface area contributed by atoms with Crippen molar-refractivity contribution in [3.63, 3.8) is 0 Å². The second-order valence-corrected chi connectivity index (χ2v) is 8.68. The SMILES string of the molecule is COc1ccc(/C(C)=N\NS(=O)(=O)c2ccc(C)cc2)cc1CN1CCOCC1. The Labute approximate surface area is 172 Å². The monoisotopic (exact) mass is 417 g/mol. The quantitative estimate of drug-likeness (QED) is 0.553. The minimum absolute atomic E-state index is 0.183. The maximum absolute atomic E-state index is 12.5. The zero-order chi connectivity index (χ0) is 20.9. The molecule has 8 heteroatoms. The van der Waals surface area contributed by atoms with Crippen LogP contribution in [-0.4, -0.2) is 52.4 Å². The van der Waals surface area contributed by atoms with Crippen LogP contribution in [-0.2, 0) is 21.3 Å². The van der Waals surface area contributed by atoms with Crippen molar-refractivity contribution in [2.75, 3.05) is 33.4 Å². The van der Waals surface area contributed by atoms with Crippen LogP contribution in [0.2, 0.25) is 0 Å². The van der Waals surface area contributed by atoms with Gasteiger partial charge in [0.25, 0.3) is 10.0 Å². The van der Waals surface area contributed by atoms with Crippen molar-refractivity contribution in [2.24, 2.45) is 5.10 Å². The van der Waals surface area contributed by atoms with Crippen LogP contribution in [0.5, 0.6) is 5.75 Å². The molecule has 1 saturated heterocycles. The van der Waals surface area contributed by atoms with E-state index in [0.717, 1.165) is 55.3 Å². The molecule has 1 fully saturated rings. The van der Waals surface area contributed by atoms with E-state index in [0.29, 0.717) is 5.71 Å². The van der Waals surface area contributed by atoms with E-state index in [1.807, 2.05) is 25.1 Å². The van der Waals surface area contributed by atoms with Crippen LogP contribution in [0.3, 0.4) is 0 Å². The van der Waals surface area contributed by atoms with Crippen molar-refractivity contribution in [1.29, 1.82) is 0 Å². The number of hydrogen-bond donors (Lipinski definition) is 1. The molecule has 7 nitrogen and oxygen atoms in total. The van der Waals surface area contributed by atoms with Gasteiger partial charge in [0, 0.05) is 25.2 Å². The van der Waals surface area contributed by atoms with Crippen LogP contribution < -0.4 is 9.57 Å². The first kappa shape index (κ1) is 21.3. The normalized spacial score (nSPS) is 15.9. The van der Waals surface area contributed by atoms with E-state index in [1.54, 1.807) is 38.3 Å². The molecule has 0 saturated carbocycles. The Hall–Kier alpha value is -2.42. The fraction of sp³-hybridized carbons (Fsp3) is 0.381. The molecule has 0 aromatic heterocycles. The number of morpholine rings is 1. The molecule has 0 atom stereocenters. The molecule has 1 aliphatic heterocycles. The highest BCUT2D eigenvalue weighted by atomic mass is 32.2. The van der Waals surface area contributed by atoms with Gasteiger partial charge in [0.1, 0.15) is 5.75 Å². The third-order valence-corrected chi connectivity index (χ3v) is 6.09. The molecule has 1 heterocycles. The number of hydrazone groups is 1. The lowest BCUT2D eigenvalue weighted by molar-refractivity contribution is 0.0339. The largest absolute Gasteiger partial charge is 0.496 e. The summed E-state index contributed by atoms with van der Waals surface area (Å²) in [6, 6.07) is 12.4. The molecule has 156 valence electrons. The van der Waals surface area contributed by atoms with Gasteiger partial charge in [-0.3, -0.25) is 4.90 Å². The van der Waals surface area contributed by atoms with Gasteiger partial charge in [0.2, 0.25) is 0 Å². The summed E-state index contributed by atoms with van der Waals surface area (Å²) in [5.74, 6) is 0.799. The Morgan fingerprint density at radius 3 is 2.52 bits per heavy atom. The second-order valence-electron chi connectivity index (χ2n) is 7.02. The van der Waals surface area contributed by atoms with Crippen LogP contribution in [0.25, 0.3) is 0 Å². The summed E-state index contributed by atoms with van der Waals surface area (Å²) in [4.78, 5) is 4.81. The number of methoxy groups -OCH3 is 1. The van der Waals surface area contributed by atoms with E-state index >= 15 is 0 Å². The van der Waals surface area contributed by atoms with Crippen molar-refractivity contribution in [2.45, 2.75) is 25.3 Å². The molecule has 3 rings (SSSR count). The maximum Gasteiger partial charge on any atom is 0.276 e. The van der Waals surface area contributed by atoms with Crippen molar-refractivity contribution in [1.82, 2.24) is 9.73 Å². The predicted octanol–water partition coefficient (Wildman–Crippen LogP) is 2.54. The van der Waals surface area contributed by atoms with Crippen LogP contribution in [0.15, 0.2) is 52.5 Å². The zero-order valence-corrected chi connectivity index (χ0v) is 17.8. The highest BCUT2D eigenvalue weighted by molar-refractivity contribution is 7.89. The number of nitrogens with one attached hydrogen (secondary N) is 1. The molecular formula is C21H27N3O4S. The molecule has 0 bridgehead atoms. The summed E-state index contributed by atoms with van der Waals surface area (Å²) in [6.07, 6.45) is 0. The topological polar surface area (TPSA) is 80.2 Å². The van der Waals surface area contributed by atoms with Crippen LogP contribution >= 0.6 is 0 Å². The fourth-order valence-electron chi connectivity index (χ4n) is 3.09. The summed E-state index contributed by atoms with van der Waals surface area (Å²) >= 11 is 0. The molecular weight excluding hydrogens is 390 g/mol. The first-order chi connectivity index (χ1) is 13.9. The van der Waals surface area contributed by atoms with Crippen molar-refractivity contribution in [3.8, 4) is 5.75 Å². The molecule has 29 heavy (non-hydrogen) atoms. The Morgan fingerprint density at radius 1 is 1.17 bits per heavy atom. The smallest absolute Gasteiger partial charge is 0.276 e. The minimum Gasteiger partial charge on any atom is -0.496 e. The molecule has 0 radical (unpaired) electrons.